The maximum absolute atomic E-state index is 12.6. The highest BCUT2D eigenvalue weighted by Gasteiger charge is 2.25. The molecular weight excluding hydrogens is 320 g/mol. The number of ether oxygens (including phenoxy) is 1. The number of nitrogens with zero attached hydrogens (tertiary/aromatic N) is 5. The van der Waals surface area contributed by atoms with Gasteiger partial charge in [0, 0.05) is 26.4 Å². The van der Waals surface area contributed by atoms with Crippen LogP contribution in [0.2, 0.25) is 0 Å². The minimum atomic E-state index is -3.69. The molecule has 2 rings (SSSR count). The Labute approximate surface area is 135 Å². The summed E-state index contributed by atoms with van der Waals surface area (Å²) >= 11 is 0. The summed E-state index contributed by atoms with van der Waals surface area (Å²) < 4.78 is 36.1. The van der Waals surface area contributed by atoms with Crippen LogP contribution in [0.25, 0.3) is 0 Å². The first-order valence-electron chi connectivity index (χ1n) is 7.32. The molecule has 2 heterocycles. The van der Waals surface area contributed by atoms with E-state index in [-0.39, 0.29) is 4.90 Å². The van der Waals surface area contributed by atoms with E-state index in [1.54, 1.807) is 36.5 Å². The van der Waals surface area contributed by atoms with Crippen molar-refractivity contribution in [2.75, 3.05) is 13.7 Å². The summed E-state index contributed by atoms with van der Waals surface area (Å²) in [5, 5.41) is 12.0. The summed E-state index contributed by atoms with van der Waals surface area (Å²) in [4.78, 5) is 0.175. The van der Waals surface area contributed by atoms with Gasteiger partial charge in [0.1, 0.15) is 11.2 Å². The lowest BCUT2D eigenvalue weighted by Crippen LogP contribution is -2.29. The van der Waals surface area contributed by atoms with Crippen molar-refractivity contribution in [1.82, 2.24) is 29.3 Å². The van der Waals surface area contributed by atoms with E-state index in [9.17, 15) is 8.42 Å². The van der Waals surface area contributed by atoms with Crippen LogP contribution in [-0.2, 0) is 27.8 Å². The molecule has 0 saturated heterocycles. The van der Waals surface area contributed by atoms with E-state index in [2.05, 4.69) is 20.0 Å². The summed E-state index contributed by atoms with van der Waals surface area (Å²) in [5.74, 6) is 0.533. The maximum Gasteiger partial charge on any atom is 0.244 e. The van der Waals surface area contributed by atoms with E-state index in [0.29, 0.717) is 31.2 Å². The predicted octanol–water partition coefficient (Wildman–Crippen LogP) is 0.489. The van der Waals surface area contributed by atoms with Gasteiger partial charge in [0.15, 0.2) is 5.82 Å². The van der Waals surface area contributed by atoms with E-state index >= 15 is 0 Å². The normalized spacial score (nSPS) is 13.4. The van der Waals surface area contributed by atoms with Gasteiger partial charge in [-0.3, -0.25) is 4.68 Å². The zero-order chi connectivity index (χ0) is 17.0. The monoisotopic (exact) mass is 342 g/mol. The number of sulfonamides is 1. The second-order valence-electron chi connectivity index (χ2n) is 5.15. The number of nitrogens with one attached hydrogen (secondary N) is 1. The SMILES string of the molecule is CCn1cc(S(=O)(=O)NC(C)c2nncn2CCOC)c(C)n1. The lowest BCUT2D eigenvalue weighted by atomic mass is 10.3. The summed E-state index contributed by atoms with van der Waals surface area (Å²) in [5.41, 5.74) is 0.465. The summed E-state index contributed by atoms with van der Waals surface area (Å²) in [6, 6.07) is -0.524. The highest BCUT2D eigenvalue weighted by molar-refractivity contribution is 7.89. The number of methoxy groups -OCH3 is 1. The predicted molar refractivity (Wildman–Crippen MR) is 83.3 cm³/mol. The second-order valence-corrected chi connectivity index (χ2v) is 6.84. The van der Waals surface area contributed by atoms with Crippen molar-refractivity contribution in [3.05, 3.63) is 24.0 Å². The van der Waals surface area contributed by atoms with Crippen molar-refractivity contribution in [3.63, 3.8) is 0 Å². The van der Waals surface area contributed by atoms with Crippen molar-refractivity contribution in [1.29, 1.82) is 0 Å². The van der Waals surface area contributed by atoms with Crippen molar-refractivity contribution < 1.29 is 13.2 Å². The lowest BCUT2D eigenvalue weighted by Gasteiger charge is -2.14. The molecular formula is C13H22N6O3S. The fourth-order valence-corrected chi connectivity index (χ4v) is 3.62. The molecule has 0 saturated carbocycles. The molecule has 0 fully saturated rings. The number of hydrogen-bond acceptors (Lipinski definition) is 6. The summed E-state index contributed by atoms with van der Waals surface area (Å²) in [6.45, 7) is 6.95. The number of aromatic nitrogens is 5. The Morgan fingerprint density at radius 3 is 2.78 bits per heavy atom. The lowest BCUT2D eigenvalue weighted by molar-refractivity contribution is 0.185. The fraction of sp³-hybridized carbons (Fsp3) is 0.615. The van der Waals surface area contributed by atoms with E-state index in [1.807, 2.05) is 6.92 Å². The third kappa shape index (κ3) is 3.95. The largest absolute Gasteiger partial charge is 0.383 e. The van der Waals surface area contributed by atoms with Crippen molar-refractivity contribution >= 4 is 10.0 Å². The molecule has 0 radical (unpaired) electrons. The molecule has 1 atom stereocenters. The average molecular weight is 342 g/mol. The first-order chi connectivity index (χ1) is 10.9. The first kappa shape index (κ1) is 17.6. The zero-order valence-corrected chi connectivity index (χ0v) is 14.5. The van der Waals surface area contributed by atoms with Crippen LogP contribution in [0.15, 0.2) is 17.4 Å². The van der Waals surface area contributed by atoms with Gasteiger partial charge >= 0.3 is 0 Å². The maximum atomic E-state index is 12.6. The van der Waals surface area contributed by atoms with Gasteiger partial charge in [0.05, 0.1) is 18.3 Å². The van der Waals surface area contributed by atoms with Gasteiger partial charge in [-0.2, -0.15) is 5.10 Å². The van der Waals surface area contributed by atoms with Crippen LogP contribution in [0.5, 0.6) is 0 Å². The van der Waals surface area contributed by atoms with Gasteiger partial charge < -0.3 is 9.30 Å². The number of aryl methyl sites for hydroxylation is 2. The van der Waals surface area contributed by atoms with Crippen LogP contribution < -0.4 is 4.72 Å². The molecule has 1 unspecified atom stereocenters. The molecule has 0 bridgehead atoms. The highest BCUT2D eigenvalue weighted by atomic mass is 32.2. The van der Waals surface area contributed by atoms with Crippen LogP contribution in [0.1, 0.15) is 31.4 Å². The van der Waals surface area contributed by atoms with Gasteiger partial charge in [-0.05, 0) is 20.8 Å². The molecule has 0 aliphatic carbocycles. The first-order valence-corrected chi connectivity index (χ1v) is 8.80. The molecule has 128 valence electrons. The second kappa shape index (κ2) is 7.20. The van der Waals surface area contributed by atoms with Crippen molar-refractivity contribution in [3.8, 4) is 0 Å². The average Bonchev–Trinajstić information content (AvgIpc) is 3.10. The van der Waals surface area contributed by atoms with Crippen LogP contribution in [0.3, 0.4) is 0 Å². The van der Waals surface area contributed by atoms with Gasteiger partial charge in [-0.15, -0.1) is 10.2 Å². The molecule has 0 spiro atoms. The Bertz CT molecular complexity index is 752. The molecule has 0 amide bonds. The van der Waals surface area contributed by atoms with Crippen LogP contribution in [-0.4, -0.2) is 46.7 Å². The Hall–Kier alpha value is -1.78. The Kier molecular flexibility index (Phi) is 5.50. The minimum absolute atomic E-state index is 0.175. The zero-order valence-electron chi connectivity index (χ0n) is 13.7. The number of rotatable bonds is 8. The number of hydrogen-bond donors (Lipinski definition) is 1. The smallest absolute Gasteiger partial charge is 0.244 e. The van der Waals surface area contributed by atoms with Crippen molar-refractivity contribution in [2.45, 2.75) is 44.8 Å². The van der Waals surface area contributed by atoms with Gasteiger partial charge in [0.25, 0.3) is 0 Å². The molecule has 10 heteroatoms. The quantitative estimate of drug-likeness (QED) is 0.749. The van der Waals surface area contributed by atoms with Crippen LogP contribution in [0, 0.1) is 6.92 Å². The summed E-state index contributed by atoms with van der Waals surface area (Å²) in [7, 11) is -2.09. The Morgan fingerprint density at radius 2 is 2.17 bits per heavy atom. The molecule has 0 aliphatic rings. The van der Waals surface area contributed by atoms with Gasteiger partial charge in [0.2, 0.25) is 10.0 Å². The van der Waals surface area contributed by atoms with E-state index in [4.69, 9.17) is 4.74 Å². The molecule has 1 N–H and O–H groups in total. The third-order valence-electron chi connectivity index (χ3n) is 3.42. The molecule has 23 heavy (non-hydrogen) atoms. The molecule has 0 aliphatic heterocycles. The fourth-order valence-electron chi connectivity index (χ4n) is 2.24. The van der Waals surface area contributed by atoms with Gasteiger partial charge in [-0.1, -0.05) is 0 Å². The third-order valence-corrected chi connectivity index (χ3v) is 5.06. The Balaban J connectivity index is 2.20. The van der Waals surface area contributed by atoms with Gasteiger partial charge in [-0.25, -0.2) is 13.1 Å². The van der Waals surface area contributed by atoms with E-state index in [1.165, 1.54) is 6.20 Å². The van der Waals surface area contributed by atoms with Crippen LogP contribution >= 0.6 is 0 Å². The topological polar surface area (TPSA) is 104 Å². The van der Waals surface area contributed by atoms with E-state index < -0.39 is 16.1 Å². The molecule has 0 aromatic carbocycles. The minimum Gasteiger partial charge on any atom is -0.383 e. The Morgan fingerprint density at radius 1 is 1.43 bits per heavy atom. The van der Waals surface area contributed by atoms with Crippen LogP contribution in [0.4, 0.5) is 0 Å². The molecule has 9 nitrogen and oxygen atoms in total. The van der Waals surface area contributed by atoms with Crippen molar-refractivity contribution in [2.24, 2.45) is 0 Å². The molecule has 2 aromatic rings. The highest BCUT2D eigenvalue weighted by Crippen LogP contribution is 2.17. The summed E-state index contributed by atoms with van der Waals surface area (Å²) in [6.07, 6.45) is 3.08. The molecule has 2 aromatic heterocycles. The van der Waals surface area contributed by atoms with E-state index in [0.717, 1.165) is 0 Å². The standard InChI is InChI=1S/C13H22N6O3S/c1-5-19-8-12(10(2)16-19)23(20,21)17-11(3)13-15-14-9-18(13)6-7-22-4/h8-9,11,17H,5-7H2,1-4H3.